The predicted octanol–water partition coefficient (Wildman–Crippen LogP) is 3.82. The van der Waals surface area contributed by atoms with Gasteiger partial charge >= 0.3 is 35.9 Å². The lowest BCUT2D eigenvalue weighted by atomic mass is 9.89. The van der Waals surface area contributed by atoms with Gasteiger partial charge in [0.1, 0.15) is 62.1 Å². The quantitative estimate of drug-likeness (QED) is 0.0553. The van der Waals surface area contributed by atoms with Crippen LogP contribution in [0.2, 0.25) is 0 Å². The number of ether oxygens (including phenoxy) is 9. The van der Waals surface area contributed by atoms with Crippen molar-refractivity contribution in [3.8, 4) is 0 Å². The molecule has 3 rings (SSSR count). The molecule has 0 saturated carbocycles. The van der Waals surface area contributed by atoms with Crippen LogP contribution in [0.4, 0.5) is 4.79 Å². The van der Waals surface area contributed by atoms with E-state index in [1.165, 1.54) is 41.5 Å². The molecule has 0 aliphatic carbocycles. The maximum absolute atomic E-state index is 12.3. The van der Waals surface area contributed by atoms with Crippen LogP contribution in [0, 0.1) is 11.8 Å². The number of benzene rings is 1. The van der Waals surface area contributed by atoms with Crippen molar-refractivity contribution in [1.82, 2.24) is 16.0 Å². The second-order valence-corrected chi connectivity index (χ2v) is 17.0. The number of unbranched alkanes of at least 4 members (excludes halogenated alkanes) is 3. The average Bonchev–Trinajstić information content (AvgIpc) is 3.28. The molecule has 2 aliphatic rings. The van der Waals surface area contributed by atoms with Gasteiger partial charge in [-0.15, -0.1) is 0 Å². The summed E-state index contributed by atoms with van der Waals surface area (Å²) in [6, 6.07) is 7.88. The standard InChI is InChI=1S/C30H44N2O10.C18H29NO9/c1-20-26(19-39-22(3)34)42-29(27(32-21(2)33)28(20)41-23(4)35)38-17-11-9-15-25(36)14-8-10-16-31-30(37)40-18-24-12-6-5-7-13-24;1-10-14(9-26-12(3)21)28-18(25-8-6-5-7-15(23)24)16(19-11(2)20)17(10)27-13(4)22/h5-7,12-13,20,26-29H,8-11,14-19H2,1-4H3,(H,31,37)(H,32,33);10,14,16-18H,5-9H2,1-4H3,(H,19,20)(H,23,24)/t20-,26+,27+,28-,29+;10-,14+,16+,17-,18+/m00/s1. The Morgan fingerprint density at radius 2 is 1.01 bits per heavy atom. The van der Waals surface area contributed by atoms with Crippen LogP contribution in [0.5, 0.6) is 0 Å². The zero-order chi connectivity index (χ0) is 52.2. The van der Waals surface area contributed by atoms with Crippen LogP contribution in [0.3, 0.4) is 0 Å². The third-order valence-electron chi connectivity index (χ3n) is 10.9. The first kappa shape index (κ1) is 60.4. The van der Waals surface area contributed by atoms with Crippen molar-refractivity contribution in [3.05, 3.63) is 35.9 Å². The first-order valence-electron chi connectivity index (χ1n) is 23.6. The first-order chi connectivity index (χ1) is 33.2. The summed E-state index contributed by atoms with van der Waals surface area (Å²) < 4.78 is 49.8. The van der Waals surface area contributed by atoms with Gasteiger partial charge in [-0.05, 0) is 44.1 Å². The third-order valence-corrected chi connectivity index (χ3v) is 10.9. The lowest BCUT2D eigenvalue weighted by Gasteiger charge is -2.44. The number of aliphatic carboxylic acids is 1. The van der Waals surface area contributed by atoms with E-state index < -0.39 is 90.9 Å². The Morgan fingerprint density at radius 3 is 1.43 bits per heavy atom. The zero-order valence-electron chi connectivity index (χ0n) is 41.6. The van der Waals surface area contributed by atoms with Crippen molar-refractivity contribution in [3.63, 3.8) is 0 Å². The van der Waals surface area contributed by atoms with Gasteiger partial charge in [-0.1, -0.05) is 44.2 Å². The number of ketones is 1. The topological polar surface area (TPSA) is 293 Å². The number of nitrogens with one attached hydrogen (secondary N) is 3. The van der Waals surface area contributed by atoms with Gasteiger partial charge in [0.25, 0.3) is 0 Å². The summed E-state index contributed by atoms with van der Waals surface area (Å²) >= 11 is 0. The number of carbonyl (C=O) groups is 9. The lowest BCUT2D eigenvalue weighted by molar-refractivity contribution is -0.260. The normalized spacial score (nSPS) is 23.7. The molecule has 10 atom stereocenters. The summed E-state index contributed by atoms with van der Waals surface area (Å²) in [6.45, 7) is 12.3. The molecule has 22 nitrogen and oxygen atoms in total. The molecule has 1 aromatic carbocycles. The number of carboxylic acid groups (broad SMARTS) is 1. The lowest BCUT2D eigenvalue weighted by Crippen LogP contribution is -2.63. The summed E-state index contributed by atoms with van der Waals surface area (Å²) in [6.07, 6.45) is -0.915. The summed E-state index contributed by atoms with van der Waals surface area (Å²) in [5.41, 5.74) is 0.909. The number of hydrogen-bond donors (Lipinski definition) is 4. The van der Waals surface area contributed by atoms with Crippen LogP contribution >= 0.6 is 0 Å². The van der Waals surface area contributed by atoms with E-state index in [4.69, 9.17) is 47.7 Å². The molecule has 0 bridgehead atoms. The number of carboxylic acids is 1. The smallest absolute Gasteiger partial charge is 0.407 e. The number of esters is 4. The zero-order valence-corrected chi connectivity index (χ0v) is 41.6. The summed E-state index contributed by atoms with van der Waals surface area (Å²) in [5, 5.41) is 16.8. The largest absolute Gasteiger partial charge is 0.481 e. The van der Waals surface area contributed by atoms with Gasteiger partial charge in [-0.2, -0.15) is 0 Å². The van der Waals surface area contributed by atoms with Gasteiger partial charge in [-0.25, -0.2) is 4.79 Å². The Labute approximate surface area is 409 Å². The van der Waals surface area contributed by atoms with Crippen LogP contribution in [-0.4, -0.2) is 141 Å². The summed E-state index contributed by atoms with van der Waals surface area (Å²) in [7, 11) is 0. The van der Waals surface area contributed by atoms with Crippen molar-refractivity contribution < 1.29 is 90.9 Å². The van der Waals surface area contributed by atoms with Gasteiger partial charge in [0.2, 0.25) is 11.8 Å². The molecule has 2 fully saturated rings. The highest BCUT2D eigenvalue weighted by molar-refractivity contribution is 5.78. The van der Waals surface area contributed by atoms with Crippen molar-refractivity contribution in [2.75, 3.05) is 33.0 Å². The Balaban J connectivity index is 0.000000521. The molecule has 4 N–H and O–H groups in total. The highest BCUT2D eigenvalue weighted by atomic mass is 16.7. The Morgan fingerprint density at radius 1 is 0.571 bits per heavy atom. The van der Waals surface area contributed by atoms with Gasteiger partial charge < -0.3 is 63.7 Å². The number of rotatable bonds is 27. The molecule has 0 spiro atoms. The van der Waals surface area contributed by atoms with Crippen molar-refractivity contribution in [2.24, 2.45) is 11.8 Å². The Bertz CT molecular complexity index is 1830. The minimum Gasteiger partial charge on any atom is -0.481 e. The second-order valence-electron chi connectivity index (χ2n) is 17.0. The fourth-order valence-electron chi connectivity index (χ4n) is 7.47. The van der Waals surface area contributed by atoms with E-state index in [9.17, 15) is 43.2 Å². The maximum atomic E-state index is 12.3. The van der Waals surface area contributed by atoms with Crippen LogP contribution in [0.1, 0.15) is 119 Å². The third kappa shape index (κ3) is 24.7. The molecule has 70 heavy (non-hydrogen) atoms. The molecule has 394 valence electrons. The molecular weight excluding hydrogens is 923 g/mol. The molecule has 2 aliphatic heterocycles. The van der Waals surface area contributed by atoms with E-state index in [0.29, 0.717) is 57.9 Å². The SMILES string of the molecule is CC(=O)N[C@H]1[C@H](OCCCCC(=O)CCCCNC(=O)OCc2ccccc2)O[C@H](COC(C)=O)[C@H](C)[C@@H]1OC(C)=O.CC(=O)N[C@H]1[C@H](OCCCCC(=O)O)O[C@H](COC(C)=O)[C@H](C)[C@@H]1OC(C)=O. The molecular formula is C48H73N3O19. The number of amides is 3. The number of hydrogen-bond acceptors (Lipinski definition) is 18. The van der Waals surface area contributed by atoms with E-state index in [1.807, 2.05) is 30.3 Å². The molecule has 1 aromatic rings. The fraction of sp³-hybridized carbons (Fsp3) is 0.688. The minimum atomic E-state index is -0.949. The summed E-state index contributed by atoms with van der Waals surface area (Å²) in [4.78, 5) is 104. The molecule has 0 unspecified atom stereocenters. The van der Waals surface area contributed by atoms with Crippen LogP contribution in [0.15, 0.2) is 30.3 Å². The monoisotopic (exact) mass is 995 g/mol. The Kier molecular flexibility index (Phi) is 28.5. The number of Topliss-reactive ketones (excluding diaryl/α,β-unsaturated/α-hetero) is 1. The molecule has 3 amide bonds. The summed E-state index contributed by atoms with van der Waals surface area (Å²) in [5.74, 6) is -4.24. The average molecular weight is 996 g/mol. The van der Waals surface area contributed by atoms with Crippen molar-refractivity contribution in [2.45, 2.75) is 169 Å². The van der Waals surface area contributed by atoms with E-state index in [-0.39, 0.29) is 63.0 Å². The highest BCUT2D eigenvalue weighted by Gasteiger charge is 2.48. The van der Waals surface area contributed by atoms with Crippen LogP contribution in [-0.2, 0) is 87.6 Å². The van der Waals surface area contributed by atoms with Gasteiger partial charge in [0, 0.05) is 92.4 Å². The predicted molar refractivity (Wildman–Crippen MR) is 246 cm³/mol. The molecule has 2 saturated heterocycles. The van der Waals surface area contributed by atoms with Crippen molar-refractivity contribution in [1.29, 1.82) is 0 Å². The Hall–Kier alpha value is -5.71. The van der Waals surface area contributed by atoms with E-state index in [0.717, 1.165) is 5.56 Å². The maximum Gasteiger partial charge on any atom is 0.407 e. The highest BCUT2D eigenvalue weighted by Crippen LogP contribution is 2.31. The van der Waals surface area contributed by atoms with Crippen molar-refractivity contribution >= 4 is 53.5 Å². The van der Waals surface area contributed by atoms with Crippen LogP contribution in [0.25, 0.3) is 0 Å². The van der Waals surface area contributed by atoms with Gasteiger partial charge in [-0.3, -0.25) is 38.4 Å². The minimum absolute atomic E-state index is 0.0200. The molecule has 0 radical (unpaired) electrons. The first-order valence-corrected chi connectivity index (χ1v) is 23.6. The van der Waals surface area contributed by atoms with Crippen LogP contribution < -0.4 is 16.0 Å². The molecule has 0 aromatic heterocycles. The van der Waals surface area contributed by atoms with E-state index >= 15 is 0 Å². The second kappa shape index (κ2) is 33.0. The molecule has 22 heteroatoms. The van der Waals surface area contributed by atoms with Gasteiger partial charge in [0.05, 0.1) is 0 Å². The molecule has 2 heterocycles. The van der Waals surface area contributed by atoms with Gasteiger partial charge in [0.15, 0.2) is 12.6 Å². The number of alkyl carbamates (subject to hydrolysis) is 1. The van der Waals surface area contributed by atoms with E-state index in [1.54, 1.807) is 13.8 Å². The van der Waals surface area contributed by atoms with E-state index in [2.05, 4.69) is 16.0 Å². The number of carbonyl (C=O) groups excluding carboxylic acids is 8. The fourth-order valence-corrected chi connectivity index (χ4v) is 7.47.